The van der Waals surface area contributed by atoms with Gasteiger partial charge in [0.1, 0.15) is 26.4 Å². The molecule has 21 heavy (non-hydrogen) atoms. The Labute approximate surface area is 140 Å². The summed E-state index contributed by atoms with van der Waals surface area (Å²) in [5.41, 5.74) is 5.96. The van der Waals surface area contributed by atoms with Crippen molar-refractivity contribution in [2.24, 2.45) is 5.73 Å². The fraction of sp³-hybridized carbons (Fsp3) is 0.667. The number of thiazole rings is 1. The van der Waals surface area contributed by atoms with Gasteiger partial charge in [-0.3, -0.25) is 4.79 Å². The topological polar surface area (TPSA) is 100 Å². The lowest BCUT2D eigenvalue weighted by Gasteiger charge is -2.28. The largest absolute Gasteiger partial charge is 0.598 e. The van der Waals surface area contributed by atoms with Crippen molar-refractivity contribution < 1.29 is 14.1 Å². The Balaban J connectivity index is 2.98. The normalized spacial score (nSPS) is 16.3. The fourth-order valence-corrected chi connectivity index (χ4v) is 3.63. The SMILES string of the molecule is CCOC(=O)[C@@H](N)[C@H](N[S@@+]([O-])C(C)(C)C)c1nc(Br)cs1. The number of nitrogens with one attached hydrogen (secondary N) is 1. The maximum atomic E-state index is 12.3. The molecule has 0 unspecified atom stereocenters. The van der Waals surface area contributed by atoms with Crippen LogP contribution in [0.1, 0.15) is 38.7 Å². The van der Waals surface area contributed by atoms with Crippen molar-refractivity contribution in [3.63, 3.8) is 0 Å². The zero-order valence-corrected chi connectivity index (χ0v) is 15.6. The van der Waals surface area contributed by atoms with Crippen LogP contribution >= 0.6 is 27.3 Å². The summed E-state index contributed by atoms with van der Waals surface area (Å²) in [6, 6.07) is -1.64. The molecule has 120 valence electrons. The first-order valence-corrected chi connectivity index (χ1v) is 9.20. The highest BCUT2D eigenvalue weighted by atomic mass is 79.9. The minimum Gasteiger partial charge on any atom is -0.598 e. The molecule has 0 saturated heterocycles. The van der Waals surface area contributed by atoms with E-state index in [1.807, 2.05) is 20.8 Å². The second-order valence-corrected chi connectivity index (χ2v) is 8.96. The Morgan fingerprint density at radius 2 is 2.29 bits per heavy atom. The van der Waals surface area contributed by atoms with E-state index in [9.17, 15) is 9.35 Å². The summed E-state index contributed by atoms with van der Waals surface area (Å²) in [5.74, 6) is -0.549. The Kier molecular flexibility index (Phi) is 7.08. The van der Waals surface area contributed by atoms with Gasteiger partial charge in [0.25, 0.3) is 0 Å². The quantitative estimate of drug-likeness (QED) is 0.561. The highest BCUT2D eigenvalue weighted by Gasteiger charge is 2.37. The van der Waals surface area contributed by atoms with Crippen LogP contribution in [0.4, 0.5) is 0 Å². The number of aromatic nitrogens is 1. The standard InChI is InChI=1S/C12H20BrN3O3S2/c1-5-19-11(17)8(14)9(10-15-7(13)6-20-10)16-21(18)12(2,3)4/h6,8-9,16H,5,14H2,1-4H3/t8-,9-,21-/m0/s1. The average Bonchev–Trinajstić information content (AvgIpc) is 2.80. The molecule has 0 bridgehead atoms. The summed E-state index contributed by atoms with van der Waals surface area (Å²) in [4.78, 5) is 16.1. The monoisotopic (exact) mass is 397 g/mol. The molecule has 0 fully saturated rings. The van der Waals surface area contributed by atoms with Gasteiger partial charge in [-0.1, -0.05) is 0 Å². The number of hydrogen-bond donors (Lipinski definition) is 2. The van der Waals surface area contributed by atoms with E-state index < -0.39 is 34.2 Å². The minimum atomic E-state index is -1.39. The number of carbonyl (C=O) groups is 1. The van der Waals surface area contributed by atoms with E-state index in [4.69, 9.17) is 10.5 Å². The molecular weight excluding hydrogens is 378 g/mol. The first kappa shape index (κ1) is 18.9. The van der Waals surface area contributed by atoms with Gasteiger partial charge in [0.05, 0.1) is 6.61 Å². The van der Waals surface area contributed by atoms with Crippen molar-refractivity contribution in [3.05, 3.63) is 15.0 Å². The predicted octanol–water partition coefficient (Wildman–Crippen LogP) is 1.89. The molecule has 6 nitrogen and oxygen atoms in total. The Hall–Kier alpha value is -0.190. The lowest BCUT2D eigenvalue weighted by molar-refractivity contribution is -0.145. The van der Waals surface area contributed by atoms with Gasteiger partial charge in [-0.2, -0.15) is 0 Å². The summed E-state index contributed by atoms with van der Waals surface area (Å²) in [7, 11) is 0. The molecule has 0 aliphatic carbocycles. The predicted molar refractivity (Wildman–Crippen MR) is 88.2 cm³/mol. The summed E-state index contributed by atoms with van der Waals surface area (Å²) in [5, 5.41) is 2.36. The molecule has 1 aromatic rings. The van der Waals surface area contributed by atoms with Crippen LogP contribution in [0.15, 0.2) is 9.98 Å². The lowest BCUT2D eigenvalue weighted by Crippen LogP contribution is -2.50. The first-order valence-electron chi connectivity index (χ1n) is 6.38. The van der Waals surface area contributed by atoms with E-state index in [-0.39, 0.29) is 6.61 Å². The van der Waals surface area contributed by atoms with Crippen molar-refractivity contribution in [3.8, 4) is 0 Å². The molecule has 3 atom stereocenters. The van der Waals surface area contributed by atoms with E-state index in [2.05, 4.69) is 25.6 Å². The number of ether oxygens (including phenoxy) is 1. The highest BCUT2D eigenvalue weighted by Crippen LogP contribution is 2.26. The molecule has 0 amide bonds. The second kappa shape index (κ2) is 7.89. The van der Waals surface area contributed by atoms with Crippen molar-refractivity contribution in [2.75, 3.05) is 6.61 Å². The van der Waals surface area contributed by atoms with Crippen molar-refractivity contribution >= 4 is 44.6 Å². The maximum Gasteiger partial charge on any atom is 0.325 e. The van der Waals surface area contributed by atoms with E-state index in [0.717, 1.165) is 0 Å². The Morgan fingerprint density at radius 3 is 2.71 bits per heavy atom. The van der Waals surface area contributed by atoms with Crippen LogP contribution in [-0.4, -0.2) is 32.9 Å². The third-order valence-corrected chi connectivity index (χ3v) is 5.69. The molecule has 3 N–H and O–H groups in total. The van der Waals surface area contributed by atoms with Crippen molar-refractivity contribution in [1.29, 1.82) is 0 Å². The van der Waals surface area contributed by atoms with Crippen LogP contribution in [0.25, 0.3) is 0 Å². The number of nitrogens with two attached hydrogens (primary N) is 1. The third-order valence-electron chi connectivity index (χ3n) is 2.47. The van der Waals surface area contributed by atoms with Crippen LogP contribution in [-0.2, 0) is 20.9 Å². The van der Waals surface area contributed by atoms with E-state index >= 15 is 0 Å². The highest BCUT2D eigenvalue weighted by molar-refractivity contribution is 9.10. The summed E-state index contributed by atoms with van der Waals surface area (Å²) < 4.78 is 20.3. The molecule has 0 saturated carbocycles. The van der Waals surface area contributed by atoms with Crippen LogP contribution in [0.3, 0.4) is 0 Å². The molecule has 0 radical (unpaired) electrons. The van der Waals surface area contributed by atoms with Gasteiger partial charge in [-0.05, 0) is 43.6 Å². The van der Waals surface area contributed by atoms with Gasteiger partial charge >= 0.3 is 5.97 Å². The van der Waals surface area contributed by atoms with Crippen LogP contribution in [0, 0.1) is 0 Å². The number of esters is 1. The van der Waals surface area contributed by atoms with E-state index in [1.165, 1.54) is 11.3 Å². The van der Waals surface area contributed by atoms with Gasteiger partial charge < -0.3 is 15.0 Å². The second-order valence-electron chi connectivity index (χ2n) is 5.26. The molecule has 1 aromatic heterocycles. The van der Waals surface area contributed by atoms with Crippen LogP contribution < -0.4 is 10.5 Å². The van der Waals surface area contributed by atoms with Crippen molar-refractivity contribution in [1.82, 2.24) is 9.71 Å². The lowest BCUT2D eigenvalue weighted by atomic mass is 10.1. The van der Waals surface area contributed by atoms with Gasteiger partial charge in [0.15, 0.2) is 0 Å². The number of rotatable bonds is 6. The van der Waals surface area contributed by atoms with Crippen LogP contribution in [0.5, 0.6) is 0 Å². The summed E-state index contributed by atoms with van der Waals surface area (Å²) >= 11 is 3.21. The molecule has 0 aliphatic rings. The van der Waals surface area contributed by atoms with Crippen molar-refractivity contribution in [2.45, 2.75) is 44.5 Å². The maximum absolute atomic E-state index is 12.3. The van der Waals surface area contributed by atoms with Gasteiger partial charge in [0, 0.05) is 16.7 Å². The fourth-order valence-electron chi connectivity index (χ4n) is 1.35. The van der Waals surface area contributed by atoms with E-state index in [1.54, 1.807) is 12.3 Å². The van der Waals surface area contributed by atoms with Gasteiger partial charge in [-0.25, -0.2) is 4.98 Å². The van der Waals surface area contributed by atoms with Gasteiger partial charge in [-0.15, -0.1) is 16.1 Å². The molecule has 0 aliphatic heterocycles. The molecule has 1 rings (SSSR count). The Bertz CT molecular complexity index is 479. The Morgan fingerprint density at radius 1 is 1.67 bits per heavy atom. The van der Waals surface area contributed by atoms with E-state index in [0.29, 0.717) is 9.61 Å². The molecule has 0 spiro atoms. The molecule has 1 heterocycles. The number of hydrogen-bond acceptors (Lipinski definition) is 7. The number of halogens is 1. The number of carbonyl (C=O) groups excluding carboxylic acids is 1. The van der Waals surface area contributed by atoms with Gasteiger partial charge in [0.2, 0.25) is 0 Å². The summed E-state index contributed by atoms with van der Waals surface area (Å²) in [6.07, 6.45) is 0. The van der Waals surface area contributed by atoms with Crippen LogP contribution in [0.2, 0.25) is 0 Å². The number of nitrogens with zero attached hydrogens (tertiary/aromatic N) is 1. The zero-order chi connectivity index (χ0) is 16.2. The molecule has 0 aromatic carbocycles. The molecular formula is C12H20BrN3O3S2. The summed E-state index contributed by atoms with van der Waals surface area (Å²) in [6.45, 7) is 7.45. The smallest absolute Gasteiger partial charge is 0.325 e. The third kappa shape index (κ3) is 5.50. The minimum absolute atomic E-state index is 0.239. The zero-order valence-electron chi connectivity index (χ0n) is 12.4. The average molecular weight is 398 g/mol. The first-order chi connectivity index (χ1) is 9.66. The molecule has 9 heteroatoms.